The molecule has 17 nitrogen and oxygen atoms in total. The number of carbonyl (C=O) groups excluding carboxylic acids is 4. The third kappa shape index (κ3) is 71.1. The zero-order valence-electron chi connectivity index (χ0n) is 64.1. The van der Waals surface area contributed by atoms with Gasteiger partial charge in [0.2, 0.25) is 0 Å². The third-order valence-electron chi connectivity index (χ3n) is 18.8. The summed E-state index contributed by atoms with van der Waals surface area (Å²) >= 11 is 0. The molecule has 0 bridgehead atoms. The predicted molar refractivity (Wildman–Crippen MR) is 400 cm³/mol. The summed E-state index contributed by atoms with van der Waals surface area (Å²) in [5, 5.41) is 10.6. The van der Waals surface area contributed by atoms with E-state index in [9.17, 15) is 43.2 Å². The van der Waals surface area contributed by atoms with Gasteiger partial charge in [-0.25, -0.2) is 9.13 Å². The van der Waals surface area contributed by atoms with Gasteiger partial charge >= 0.3 is 39.5 Å². The van der Waals surface area contributed by atoms with Crippen molar-refractivity contribution in [3.63, 3.8) is 0 Å². The number of aliphatic hydroxyl groups is 1. The van der Waals surface area contributed by atoms with E-state index in [1.54, 1.807) is 0 Å². The Kier molecular flexibility index (Phi) is 69.3. The van der Waals surface area contributed by atoms with Crippen LogP contribution >= 0.6 is 15.6 Å². The van der Waals surface area contributed by atoms with Crippen LogP contribution in [-0.4, -0.2) is 96.7 Å². The van der Waals surface area contributed by atoms with Gasteiger partial charge in [0.25, 0.3) is 0 Å². The topological polar surface area (TPSA) is 237 Å². The summed E-state index contributed by atoms with van der Waals surface area (Å²) in [4.78, 5) is 72.9. The monoisotopic (exact) mass is 1440 g/mol. The van der Waals surface area contributed by atoms with Crippen molar-refractivity contribution in [1.82, 2.24) is 0 Å². The van der Waals surface area contributed by atoms with Crippen LogP contribution in [0.4, 0.5) is 0 Å². The molecule has 6 atom stereocenters. The first kappa shape index (κ1) is 96.1. The average Bonchev–Trinajstić information content (AvgIpc) is 1.22. The van der Waals surface area contributed by atoms with Gasteiger partial charge in [-0.15, -0.1) is 0 Å². The standard InChI is InChI=1S/C79H154O17P2/c1-7-10-12-14-16-18-20-21-22-23-24-25-26-29-34-38-45-51-57-63-78(83)95-74(67-90-77(82)62-56-50-44-37-33-30-27-28-32-35-41-47-53-59-71(4)5)69-93-97(85,86)91-65-73(80)66-92-98(87,88)94-70-75(68-89-76(81)61-55-49-43-36-31-19-17-15-13-11-8-2)96-79(84)64-58-52-46-40-39-42-48-54-60-72(6)9-3/h71-75,80H,7-70H2,1-6H3,(H,85,86)(H,87,88)/t72?,73-,74-,75-/m1/s1. The minimum absolute atomic E-state index is 0.105. The highest BCUT2D eigenvalue weighted by Gasteiger charge is 2.30. The van der Waals surface area contributed by atoms with Gasteiger partial charge in [0.05, 0.1) is 26.4 Å². The van der Waals surface area contributed by atoms with Crippen molar-refractivity contribution >= 4 is 39.5 Å². The smallest absolute Gasteiger partial charge is 0.462 e. The van der Waals surface area contributed by atoms with Crippen molar-refractivity contribution in [2.75, 3.05) is 39.6 Å². The number of phosphoric acid groups is 2. The number of phosphoric ester groups is 2. The molecule has 0 rings (SSSR count). The lowest BCUT2D eigenvalue weighted by Gasteiger charge is -2.21. The lowest BCUT2D eigenvalue weighted by Crippen LogP contribution is -2.30. The Labute approximate surface area is 600 Å². The molecule has 0 aliphatic heterocycles. The Morgan fingerprint density at radius 1 is 0.296 bits per heavy atom. The largest absolute Gasteiger partial charge is 0.472 e. The number of esters is 4. The van der Waals surface area contributed by atoms with E-state index >= 15 is 0 Å². The first-order chi connectivity index (χ1) is 47.4. The Hall–Kier alpha value is -1.94. The number of rotatable bonds is 78. The maximum Gasteiger partial charge on any atom is 0.472 e. The number of unbranched alkanes of at least 4 members (excludes halogenated alkanes) is 47. The van der Waals surface area contributed by atoms with Crippen LogP contribution in [0.2, 0.25) is 0 Å². The second-order valence-corrected chi connectivity index (χ2v) is 32.1. The fraction of sp³-hybridized carbons (Fsp3) is 0.949. The summed E-state index contributed by atoms with van der Waals surface area (Å²) in [5.74, 6) is -0.551. The molecular formula is C79H154O17P2. The van der Waals surface area contributed by atoms with Gasteiger partial charge in [-0.05, 0) is 37.5 Å². The van der Waals surface area contributed by atoms with E-state index in [-0.39, 0.29) is 25.7 Å². The van der Waals surface area contributed by atoms with Gasteiger partial charge in [0.15, 0.2) is 12.2 Å². The number of carbonyl (C=O) groups is 4. The molecule has 0 aromatic heterocycles. The van der Waals surface area contributed by atoms with Gasteiger partial charge in [-0.3, -0.25) is 37.3 Å². The summed E-state index contributed by atoms with van der Waals surface area (Å²) in [7, 11) is -9.92. The Bertz CT molecular complexity index is 1890. The summed E-state index contributed by atoms with van der Waals surface area (Å²) in [6.45, 7) is 9.63. The van der Waals surface area contributed by atoms with E-state index in [1.165, 1.54) is 231 Å². The minimum Gasteiger partial charge on any atom is -0.462 e. The molecule has 582 valence electrons. The SMILES string of the molecule is CCCCCCCCCCCCCCCCCCCCCC(=O)O[C@H](COC(=O)CCCCCCCCCCCCCCCC(C)C)COP(=O)(O)OC[C@@H](O)COP(=O)(O)OC[C@@H](COC(=O)CCCCCCCCCCCCC)OC(=O)CCCCCCCCCCC(C)CC. The molecule has 0 fully saturated rings. The fourth-order valence-electron chi connectivity index (χ4n) is 12.2. The highest BCUT2D eigenvalue weighted by molar-refractivity contribution is 7.47. The van der Waals surface area contributed by atoms with Gasteiger partial charge in [-0.2, -0.15) is 0 Å². The maximum absolute atomic E-state index is 13.1. The summed E-state index contributed by atoms with van der Waals surface area (Å²) < 4.78 is 68.6. The van der Waals surface area contributed by atoms with Crippen LogP contribution in [0.3, 0.4) is 0 Å². The fourth-order valence-corrected chi connectivity index (χ4v) is 13.7. The molecule has 0 amide bonds. The van der Waals surface area contributed by atoms with Crippen molar-refractivity contribution < 1.29 is 80.2 Å². The lowest BCUT2D eigenvalue weighted by molar-refractivity contribution is -0.161. The first-order valence-electron chi connectivity index (χ1n) is 41.0. The van der Waals surface area contributed by atoms with E-state index in [0.29, 0.717) is 25.7 Å². The van der Waals surface area contributed by atoms with E-state index in [4.69, 9.17) is 37.0 Å². The Morgan fingerprint density at radius 2 is 0.520 bits per heavy atom. The van der Waals surface area contributed by atoms with Crippen molar-refractivity contribution in [1.29, 1.82) is 0 Å². The van der Waals surface area contributed by atoms with Crippen LogP contribution in [-0.2, 0) is 65.4 Å². The normalized spacial score (nSPS) is 14.2. The molecule has 0 aliphatic carbocycles. The number of hydrogen-bond acceptors (Lipinski definition) is 15. The molecule has 98 heavy (non-hydrogen) atoms. The summed E-state index contributed by atoms with van der Waals surface area (Å²) in [6, 6.07) is 0. The van der Waals surface area contributed by atoms with Gasteiger partial charge < -0.3 is 33.8 Å². The minimum atomic E-state index is -4.96. The van der Waals surface area contributed by atoms with E-state index in [1.807, 2.05) is 0 Å². The molecule has 0 heterocycles. The molecule has 0 aromatic rings. The lowest BCUT2D eigenvalue weighted by atomic mass is 9.99. The zero-order chi connectivity index (χ0) is 72.1. The second-order valence-electron chi connectivity index (χ2n) is 29.2. The van der Waals surface area contributed by atoms with Crippen molar-refractivity contribution in [2.45, 2.75) is 432 Å². The van der Waals surface area contributed by atoms with Gasteiger partial charge in [0.1, 0.15) is 19.3 Å². The van der Waals surface area contributed by atoms with E-state index in [2.05, 4.69) is 41.5 Å². The summed E-state index contributed by atoms with van der Waals surface area (Å²) in [5.41, 5.74) is 0. The Balaban J connectivity index is 5.24. The molecule has 0 aromatic carbocycles. The molecule has 0 radical (unpaired) electrons. The number of aliphatic hydroxyl groups excluding tert-OH is 1. The van der Waals surface area contributed by atoms with Crippen molar-refractivity contribution in [2.24, 2.45) is 11.8 Å². The van der Waals surface area contributed by atoms with Crippen molar-refractivity contribution in [3.8, 4) is 0 Å². The van der Waals surface area contributed by atoms with Crippen LogP contribution in [0.25, 0.3) is 0 Å². The van der Waals surface area contributed by atoms with Gasteiger partial charge in [-0.1, -0.05) is 363 Å². The Morgan fingerprint density at radius 3 is 0.776 bits per heavy atom. The van der Waals surface area contributed by atoms with Crippen molar-refractivity contribution in [3.05, 3.63) is 0 Å². The maximum atomic E-state index is 13.1. The third-order valence-corrected chi connectivity index (χ3v) is 20.7. The van der Waals surface area contributed by atoms with Crippen LogP contribution < -0.4 is 0 Å². The molecule has 0 spiro atoms. The van der Waals surface area contributed by atoms with Crippen LogP contribution in [0.15, 0.2) is 0 Å². The quantitative estimate of drug-likeness (QED) is 0.0222. The number of ether oxygens (including phenoxy) is 4. The van der Waals surface area contributed by atoms with Crippen LogP contribution in [0.1, 0.15) is 414 Å². The predicted octanol–water partition coefficient (Wildman–Crippen LogP) is 23.5. The molecule has 3 unspecified atom stereocenters. The molecular weight excluding hydrogens is 1280 g/mol. The highest BCUT2D eigenvalue weighted by atomic mass is 31.2. The number of hydrogen-bond donors (Lipinski definition) is 3. The van der Waals surface area contributed by atoms with Crippen LogP contribution in [0, 0.1) is 11.8 Å². The van der Waals surface area contributed by atoms with Gasteiger partial charge in [0, 0.05) is 25.7 Å². The first-order valence-corrected chi connectivity index (χ1v) is 44.0. The molecule has 0 saturated heterocycles. The zero-order valence-corrected chi connectivity index (χ0v) is 65.9. The average molecular weight is 1440 g/mol. The molecule has 19 heteroatoms. The second kappa shape index (κ2) is 70.7. The van der Waals surface area contributed by atoms with E-state index < -0.39 is 97.5 Å². The highest BCUT2D eigenvalue weighted by Crippen LogP contribution is 2.45. The molecule has 3 N–H and O–H groups in total. The molecule has 0 saturated carbocycles. The summed E-state index contributed by atoms with van der Waals surface area (Å²) in [6.07, 6.45) is 59.6. The van der Waals surface area contributed by atoms with E-state index in [0.717, 1.165) is 102 Å². The molecule has 0 aliphatic rings. The van der Waals surface area contributed by atoms with Crippen LogP contribution in [0.5, 0.6) is 0 Å².